The second kappa shape index (κ2) is 7.67. The molecule has 2 aliphatic heterocycles. The van der Waals surface area contributed by atoms with E-state index in [9.17, 15) is 4.79 Å². The van der Waals surface area contributed by atoms with Crippen LogP contribution in [0.1, 0.15) is 18.4 Å². The van der Waals surface area contributed by atoms with E-state index in [0.29, 0.717) is 12.3 Å². The zero-order valence-electron chi connectivity index (χ0n) is 14.9. The molecule has 0 aliphatic carbocycles. The van der Waals surface area contributed by atoms with Crippen LogP contribution in [0.25, 0.3) is 0 Å². The lowest BCUT2D eigenvalue weighted by Crippen LogP contribution is -2.32. The number of aromatic nitrogens is 3. The molecule has 1 unspecified atom stereocenters. The van der Waals surface area contributed by atoms with Crippen molar-refractivity contribution in [2.75, 3.05) is 30.3 Å². The normalized spacial score (nSPS) is 19.0. The standard InChI is InChI=1S/C18H23N5O2S/c1-13-4-6-14(7-5-13)22-8-9-23-17(22)20-21-18(23)26-12-16(24)19-11-15-3-2-10-25-15/h4-7,15H,2-3,8-12H2,1H3,(H,19,24). The predicted octanol–water partition coefficient (Wildman–Crippen LogP) is 2.13. The van der Waals surface area contributed by atoms with E-state index in [4.69, 9.17) is 4.74 Å². The van der Waals surface area contributed by atoms with Crippen molar-refractivity contribution in [3.63, 3.8) is 0 Å². The highest BCUT2D eigenvalue weighted by Gasteiger charge is 2.26. The Bertz CT molecular complexity index is 770. The lowest BCUT2D eigenvalue weighted by atomic mass is 10.2. The van der Waals surface area contributed by atoms with Crippen molar-refractivity contribution >= 4 is 29.3 Å². The Morgan fingerprint density at radius 3 is 2.92 bits per heavy atom. The van der Waals surface area contributed by atoms with Gasteiger partial charge in [-0.3, -0.25) is 9.36 Å². The van der Waals surface area contributed by atoms with Crippen LogP contribution in [0.4, 0.5) is 11.6 Å². The Balaban J connectivity index is 1.34. The molecule has 2 aliphatic rings. The van der Waals surface area contributed by atoms with Crippen LogP contribution in [0.3, 0.4) is 0 Å². The molecule has 26 heavy (non-hydrogen) atoms. The third-order valence-corrected chi connectivity index (χ3v) is 5.68. The Kier molecular flexibility index (Phi) is 5.12. The highest BCUT2D eigenvalue weighted by molar-refractivity contribution is 7.99. The van der Waals surface area contributed by atoms with Crippen LogP contribution in [-0.2, 0) is 16.1 Å². The van der Waals surface area contributed by atoms with E-state index in [1.165, 1.54) is 17.3 Å². The molecular weight excluding hydrogens is 350 g/mol. The molecule has 1 aromatic carbocycles. The van der Waals surface area contributed by atoms with Crippen LogP contribution in [0, 0.1) is 6.92 Å². The summed E-state index contributed by atoms with van der Waals surface area (Å²) in [6.07, 6.45) is 2.28. The van der Waals surface area contributed by atoms with Crippen molar-refractivity contribution in [3.8, 4) is 0 Å². The molecule has 1 amide bonds. The summed E-state index contributed by atoms with van der Waals surface area (Å²) in [6.45, 7) is 5.18. The van der Waals surface area contributed by atoms with Gasteiger partial charge in [0.15, 0.2) is 5.16 Å². The molecule has 1 saturated heterocycles. The first-order valence-corrected chi connectivity index (χ1v) is 9.98. The molecule has 0 bridgehead atoms. The first-order valence-electron chi connectivity index (χ1n) is 8.99. The summed E-state index contributed by atoms with van der Waals surface area (Å²) in [4.78, 5) is 14.2. The predicted molar refractivity (Wildman–Crippen MR) is 101 cm³/mol. The molecule has 8 heteroatoms. The van der Waals surface area contributed by atoms with Gasteiger partial charge in [0.25, 0.3) is 0 Å². The van der Waals surface area contributed by atoms with E-state index < -0.39 is 0 Å². The van der Waals surface area contributed by atoms with Gasteiger partial charge < -0.3 is 15.0 Å². The van der Waals surface area contributed by atoms with Gasteiger partial charge in [-0.15, -0.1) is 10.2 Å². The van der Waals surface area contributed by atoms with E-state index in [1.807, 2.05) is 0 Å². The zero-order valence-corrected chi connectivity index (χ0v) is 15.7. The molecular formula is C18H23N5O2S. The van der Waals surface area contributed by atoms with Gasteiger partial charge >= 0.3 is 0 Å². The van der Waals surface area contributed by atoms with Gasteiger partial charge in [-0.25, -0.2) is 0 Å². The first kappa shape index (κ1) is 17.4. The van der Waals surface area contributed by atoms with Gasteiger partial charge in [-0.05, 0) is 31.9 Å². The maximum atomic E-state index is 12.1. The quantitative estimate of drug-likeness (QED) is 0.782. The zero-order chi connectivity index (χ0) is 17.9. The van der Waals surface area contributed by atoms with Gasteiger partial charge in [0.1, 0.15) is 0 Å². The Hall–Kier alpha value is -2.06. The number of carbonyl (C=O) groups is 1. The number of aryl methyl sites for hydroxylation is 1. The average Bonchev–Trinajstić information content (AvgIpc) is 3.37. The molecule has 1 N–H and O–H groups in total. The molecule has 1 fully saturated rings. The van der Waals surface area contributed by atoms with Crippen LogP contribution in [0.5, 0.6) is 0 Å². The molecule has 1 aromatic heterocycles. The van der Waals surface area contributed by atoms with E-state index in [0.717, 1.165) is 49.3 Å². The van der Waals surface area contributed by atoms with Crippen LogP contribution >= 0.6 is 11.8 Å². The number of hydrogen-bond donors (Lipinski definition) is 1. The van der Waals surface area contributed by atoms with E-state index in [1.54, 1.807) is 0 Å². The van der Waals surface area contributed by atoms with Gasteiger partial charge in [-0.2, -0.15) is 0 Å². The summed E-state index contributed by atoms with van der Waals surface area (Å²) in [5.74, 6) is 1.20. The topological polar surface area (TPSA) is 72.3 Å². The van der Waals surface area contributed by atoms with E-state index >= 15 is 0 Å². The van der Waals surface area contributed by atoms with Crippen LogP contribution in [0.2, 0.25) is 0 Å². The van der Waals surface area contributed by atoms with Crippen molar-refractivity contribution in [2.24, 2.45) is 0 Å². The van der Waals surface area contributed by atoms with Crippen LogP contribution in [-0.4, -0.2) is 52.2 Å². The molecule has 3 heterocycles. The fourth-order valence-electron chi connectivity index (χ4n) is 3.27. The third kappa shape index (κ3) is 3.71. The number of nitrogens with zero attached hydrogens (tertiary/aromatic N) is 4. The van der Waals surface area contributed by atoms with Gasteiger partial charge in [0.2, 0.25) is 11.9 Å². The Morgan fingerprint density at radius 1 is 1.31 bits per heavy atom. The van der Waals surface area contributed by atoms with E-state index in [-0.39, 0.29) is 12.0 Å². The number of nitrogens with one attached hydrogen (secondary N) is 1. The number of ether oxygens (including phenoxy) is 1. The number of hydrogen-bond acceptors (Lipinski definition) is 6. The fourth-order valence-corrected chi connectivity index (χ4v) is 4.06. The highest BCUT2D eigenvalue weighted by atomic mass is 32.2. The SMILES string of the molecule is Cc1ccc(N2CCn3c(SCC(=O)NCC4CCCO4)nnc32)cc1. The lowest BCUT2D eigenvalue weighted by molar-refractivity contribution is -0.119. The summed E-state index contributed by atoms with van der Waals surface area (Å²) in [5, 5.41) is 12.3. The summed E-state index contributed by atoms with van der Waals surface area (Å²) in [5.41, 5.74) is 2.35. The smallest absolute Gasteiger partial charge is 0.232 e. The molecule has 0 spiro atoms. The molecule has 7 nitrogen and oxygen atoms in total. The summed E-state index contributed by atoms with van der Waals surface area (Å²) in [7, 11) is 0. The fraction of sp³-hybridized carbons (Fsp3) is 0.500. The summed E-state index contributed by atoms with van der Waals surface area (Å²) >= 11 is 1.43. The molecule has 4 rings (SSSR count). The summed E-state index contributed by atoms with van der Waals surface area (Å²) < 4.78 is 7.60. The van der Waals surface area contributed by atoms with Crippen molar-refractivity contribution in [2.45, 2.75) is 37.6 Å². The van der Waals surface area contributed by atoms with Gasteiger partial charge in [0.05, 0.1) is 11.9 Å². The number of amides is 1. The van der Waals surface area contributed by atoms with Crippen LogP contribution in [0.15, 0.2) is 29.4 Å². The number of benzene rings is 1. The average molecular weight is 373 g/mol. The molecule has 2 aromatic rings. The minimum atomic E-state index is 0.0104. The Labute approximate surface area is 157 Å². The minimum Gasteiger partial charge on any atom is -0.376 e. The first-order chi connectivity index (χ1) is 12.7. The maximum Gasteiger partial charge on any atom is 0.232 e. The number of thioether (sulfide) groups is 1. The largest absolute Gasteiger partial charge is 0.376 e. The second-order valence-electron chi connectivity index (χ2n) is 6.65. The Morgan fingerprint density at radius 2 is 2.15 bits per heavy atom. The number of carbonyl (C=O) groups excluding carboxylic acids is 1. The van der Waals surface area contributed by atoms with Crippen molar-refractivity contribution in [1.29, 1.82) is 0 Å². The second-order valence-corrected chi connectivity index (χ2v) is 7.59. The minimum absolute atomic E-state index is 0.0104. The van der Waals surface area contributed by atoms with Gasteiger partial charge in [0, 0.05) is 31.9 Å². The molecule has 0 saturated carbocycles. The highest BCUT2D eigenvalue weighted by Crippen LogP contribution is 2.32. The van der Waals surface area contributed by atoms with Gasteiger partial charge in [-0.1, -0.05) is 29.5 Å². The number of fused-ring (bicyclic) bond motifs is 1. The number of anilines is 2. The molecule has 1 atom stereocenters. The van der Waals surface area contributed by atoms with Crippen molar-refractivity contribution in [3.05, 3.63) is 29.8 Å². The van der Waals surface area contributed by atoms with Crippen molar-refractivity contribution < 1.29 is 9.53 Å². The monoisotopic (exact) mass is 373 g/mol. The molecule has 138 valence electrons. The summed E-state index contributed by atoms with van der Waals surface area (Å²) in [6, 6.07) is 8.40. The third-order valence-electron chi connectivity index (χ3n) is 4.71. The maximum absolute atomic E-state index is 12.1. The number of rotatable bonds is 6. The lowest BCUT2D eigenvalue weighted by Gasteiger charge is -2.15. The van der Waals surface area contributed by atoms with E-state index in [2.05, 4.69) is 56.2 Å². The molecule has 0 radical (unpaired) electrons. The van der Waals surface area contributed by atoms with Crippen molar-refractivity contribution in [1.82, 2.24) is 20.1 Å². The van der Waals surface area contributed by atoms with Crippen LogP contribution < -0.4 is 10.2 Å².